The van der Waals surface area contributed by atoms with E-state index < -0.39 is 5.97 Å². The SMILES string of the molecule is O=C(O)CCCN1CCC(c2c[nH]c3ccccc23)C1. The second kappa shape index (κ2) is 5.67. The minimum atomic E-state index is -0.697. The highest BCUT2D eigenvalue weighted by molar-refractivity contribution is 5.83. The van der Waals surface area contributed by atoms with Crippen LogP contribution in [0.1, 0.15) is 30.7 Å². The zero-order valence-corrected chi connectivity index (χ0v) is 11.5. The third-order valence-corrected chi connectivity index (χ3v) is 4.20. The molecule has 1 unspecified atom stereocenters. The van der Waals surface area contributed by atoms with Crippen LogP contribution in [0.25, 0.3) is 10.9 Å². The number of carboxylic acids is 1. The van der Waals surface area contributed by atoms with E-state index in [1.807, 2.05) is 0 Å². The summed E-state index contributed by atoms with van der Waals surface area (Å²) in [6.45, 7) is 3.01. The van der Waals surface area contributed by atoms with Crippen LogP contribution in [0.2, 0.25) is 0 Å². The average molecular weight is 272 g/mol. The Morgan fingerprint density at radius 1 is 1.40 bits per heavy atom. The number of H-pyrrole nitrogens is 1. The largest absolute Gasteiger partial charge is 0.481 e. The van der Waals surface area contributed by atoms with Crippen molar-refractivity contribution < 1.29 is 9.90 Å². The Morgan fingerprint density at radius 2 is 2.25 bits per heavy atom. The second-order valence-corrected chi connectivity index (χ2v) is 5.57. The van der Waals surface area contributed by atoms with Crippen LogP contribution in [0.4, 0.5) is 0 Å². The van der Waals surface area contributed by atoms with Crippen LogP contribution in [0.3, 0.4) is 0 Å². The van der Waals surface area contributed by atoms with Crippen LogP contribution in [-0.4, -0.2) is 40.6 Å². The number of likely N-dealkylation sites (tertiary alicyclic amines) is 1. The quantitative estimate of drug-likeness (QED) is 0.880. The molecule has 4 nitrogen and oxygen atoms in total. The molecule has 2 aromatic rings. The standard InChI is InChI=1S/C16H20N2O2/c19-16(20)6-3-8-18-9-7-12(11-18)14-10-17-15-5-2-1-4-13(14)15/h1-2,4-5,10,12,17H,3,6-9,11H2,(H,19,20). The first-order valence-electron chi connectivity index (χ1n) is 7.24. The summed E-state index contributed by atoms with van der Waals surface area (Å²) < 4.78 is 0. The van der Waals surface area contributed by atoms with Gasteiger partial charge in [0, 0.05) is 30.1 Å². The monoisotopic (exact) mass is 272 g/mol. The lowest BCUT2D eigenvalue weighted by Gasteiger charge is -2.15. The van der Waals surface area contributed by atoms with Gasteiger partial charge in [0.05, 0.1) is 0 Å². The first kappa shape index (κ1) is 13.2. The molecule has 1 aliphatic rings. The number of aromatic amines is 1. The van der Waals surface area contributed by atoms with E-state index in [0.717, 1.165) is 32.5 Å². The van der Waals surface area contributed by atoms with E-state index in [0.29, 0.717) is 5.92 Å². The molecule has 0 saturated carbocycles. The average Bonchev–Trinajstić information content (AvgIpc) is 3.04. The number of hydrogen-bond acceptors (Lipinski definition) is 2. The number of rotatable bonds is 5. The van der Waals surface area contributed by atoms with E-state index in [-0.39, 0.29) is 6.42 Å². The van der Waals surface area contributed by atoms with Crippen LogP contribution in [0, 0.1) is 0 Å². The Bertz CT molecular complexity index is 605. The molecule has 4 heteroatoms. The van der Waals surface area contributed by atoms with Crippen molar-refractivity contribution in [2.45, 2.75) is 25.2 Å². The zero-order valence-electron chi connectivity index (χ0n) is 11.5. The summed E-state index contributed by atoms with van der Waals surface area (Å²) in [6, 6.07) is 8.42. The lowest BCUT2D eigenvalue weighted by molar-refractivity contribution is -0.137. The first-order valence-corrected chi connectivity index (χ1v) is 7.24. The van der Waals surface area contributed by atoms with Gasteiger partial charge in [-0.3, -0.25) is 4.79 Å². The second-order valence-electron chi connectivity index (χ2n) is 5.57. The summed E-state index contributed by atoms with van der Waals surface area (Å²) in [4.78, 5) is 16.3. The van der Waals surface area contributed by atoms with Gasteiger partial charge in [-0.05, 0) is 43.5 Å². The molecule has 0 spiro atoms. The third-order valence-electron chi connectivity index (χ3n) is 4.20. The molecule has 0 bridgehead atoms. The highest BCUT2D eigenvalue weighted by Gasteiger charge is 2.25. The fraction of sp³-hybridized carbons (Fsp3) is 0.438. The number of carboxylic acid groups (broad SMARTS) is 1. The summed E-state index contributed by atoms with van der Waals surface area (Å²) in [6.07, 6.45) is 4.31. The van der Waals surface area contributed by atoms with E-state index in [1.54, 1.807) is 0 Å². The van der Waals surface area contributed by atoms with Gasteiger partial charge in [0.2, 0.25) is 0 Å². The van der Waals surface area contributed by atoms with Crippen molar-refractivity contribution in [3.63, 3.8) is 0 Å². The van der Waals surface area contributed by atoms with Gasteiger partial charge in [-0.15, -0.1) is 0 Å². The van der Waals surface area contributed by atoms with Crippen molar-refractivity contribution in [1.82, 2.24) is 9.88 Å². The number of nitrogens with one attached hydrogen (secondary N) is 1. The zero-order chi connectivity index (χ0) is 13.9. The predicted octanol–water partition coefficient (Wildman–Crippen LogP) is 2.82. The highest BCUT2D eigenvalue weighted by Crippen LogP contribution is 2.32. The lowest BCUT2D eigenvalue weighted by atomic mass is 9.98. The van der Waals surface area contributed by atoms with Crippen molar-refractivity contribution >= 4 is 16.9 Å². The molecule has 0 radical (unpaired) electrons. The molecule has 3 rings (SSSR count). The van der Waals surface area contributed by atoms with E-state index in [2.05, 4.69) is 40.3 Å². The van der Waals surface area contributed by atoms with Gasteiger partial charge in [-0.2, -0.15) is 0 Å². The molecule has 2 N–H and O–H groups in total. The Balaban J connectivity index is 1.63. The Morgan fingerprint density at radius 3 is 3.10 bits per heavy atom. The number of aromatic nitrogens is 1. The highest BCUT2D eigenvalue weighted by atomic mass is 16.4. The molecule has 2 heterocycles. The van der Waals surface area contributed by atoms with E-state index in [1.165, 1.54) is 16.5 Å². The van der Waals surface area contributed by atoms with Gasteiger partial charge in [0.25, 0.3) is 0 Å². The minimum absolute atomic E-state index is 0.272. The van der Waals surface area contributed by atoms with Crippen LogP contribution in [0.15, 0.2) is 30.5 Å². The molecule has 1 aliphatic heterocycles. The number of benzene rings is 1. The molecule has 20 heavy (non-hydrogen) atoms. The number of nitrogens with zero attached hydrogens (tertiary/aromatic N) is 1. The fourth-order valence-corrected chi connectivity index (χ4v) is 3.18. The topological polar surface area (TPSA) is 56.3 Å². The smallest absolute Gasteiger partial charge is 0.303 e. The van der Waals surface area contributed by atoms with Gasteiger partial charge in [0.15, 0.2) is 0 Å². The molecular weight excluding hydrogens is 252 g/mol. The number of aliphatic carboxylic acids is 1. The number of para-hydroxylation sites is 1. The maximum atomic E-state index is 10.5. The molecule has 106 valence electrons. The van der Waals surface area contributed by atoms with E-state index >= 15 is 0 Å². The molecule has 1 fully saturated rings. The summed E-state index contributed by atoms with van der Waals surface area (Å²) >= 11 is 0. The fourth-order valence-electron chi connectivity index (χ4n) is 3.18. The normalized spacial score (nSPS) is 19.7. The first-order chi connectivity index (χ1) is 9.74. The summed E-state index contributed by atoms with van der Waals surface area (Å²) in [5.41, 5.74) is 2.60. The van der Waals surface area contributed by atoms with Gasteiger partial charge < -0.3 is 15.0 Å². The molecule has 1 aromatic carbocycles. The lowest BCUT2D eigenvalue weighted by Crippen LogP contribution is -2.22. The molecular formula is C16H20N2O2. The maximum absolute atomic E-state index is 10.5. The van der Waals surface area contributed by atoms with Crippen LogP contribution in [0.5, 0.6) is 0 Å². The summed E-state index contributed by atoms with van der Waals surface area (Å²) in [5, 5.41) is 10.0. The maximum Gasteiger partial charge on any atom is 0.303 e. The van der Waals surface area contributed by atoms with Crippen LogP contribution in [-0.2, 0) is 4.79 Å². The van der Waals surface area contributed by atoms with Crippen LogP contribution >= 0.6 is 0 Å². The Hall–Kier alpha value is -1.81. The van der Waals surface area contributed by atoms with E-state index in [4.69, 9.17) is 5.11 Å². The Kier molecular flexibility index (Phi) is 3.74. The molecule has 1 aromatic heterocycles. The summed E-state index contributed by atoms with van der Waals surface area (Å²) in [5.74, 6) is -0.131. The third kappa shape index (κ3) is 2.70. The van der Waals surface area contributed by atoms with Crippen molar-refractivity contribution in [3.05, 3.63) is 36.0 Å². The predicted molar refractivity (Wildman–Crippen MR) is 79.0 cm³/mol. The van der Waals surface area contributed by atoms with Gasteiger partial charge in [-0.25, -0.2) is 0 Å². The molecule has 0 aliphatic carbocycles. The molecule has 0 amide bonds. The molecule has 1 atom stereocenters. The van der Waals surface area contributed by atoms with Gasteiger partial charge in [-0.1, -0.05) is 18.2 Å². The van der Waals surface area contributed by atoms with Crippen LogP contribution < -0.4 is 0 Å². The number of fused-ring (bicyclic) bond motifs is 1. The van der Waals surface area contributed by atoms with Crippen molar-refractivity contribution in [1.29, 1.82) is 0 Å². The molecule has 1 saturated heterocycles. The van der Waals surface area contributed by atoms with Crippen molar-refractivity contribution in [3.8, 4) is 0 Å². The van der Waals surface area contributed by atoms with Crippen molar-refractivity contribution in [2.75, 3.05) is 19.6 Å². The van der Waals surface area contributed by atoms with Gasteiger partial charge in [0.1, 0.15) is 0 Å². The van der Waals surface area contributed by atoms with Crippen molar-refractivity contribution in [2.24, 2.45) is 0 Å². The van der Waals surface area contributed by atoms with E-state index in [9.17, 15) is 4.79 Å². The summed E-state index contributed by atoms with van der Waals surface area (Å²) in [7, 11) is 0. The number of hydrogen-bond donors (Lipinski definition) is 2. The van der Waals surface area contributed by atoms with Gasteiger partial charge >= 0.3 is 5.97 Å². The Labute approximate surface area is 118 Å². The number of carbonyl (C=O) groups is 1. The minimum Gasteiger partial charge on any atom is -0.481 e.